The maximum Gasteiger partial charge on any atom is 0.306 e. The lowest BCUT2D eigenvalue weighted by Crippen LogP contribution is -2.30. The van der Waals surface area contributed by atoms with Gasteiger partial charge in [0.2, 0.25) is 0 Å². The molecular formula is C72H134O6. The van der Waals surface area contributed by atoms with E-state index in [9.17, 15) is 14.4 Å². The standard InChI is InChI=1S/C72H134O6/c1-4-7-10-13-16-19-22-25-28-30-31-32-33-34-35-36-37-38-39-40-41-43-44-47-50-53-56-59-62-65-71(74)77-68-69(67-76-70(73)64-61-58-55-52-49-46-27-24-21-18-15-12-9-6-3)78-72(75)66-63-60-57-54-51-48-45-42-29-26-23-20-17-14-11-8-5-2/h17,20,24,26-27,29,69H,4-16,18-19,21-23,25,28,30-68H2,1-3H3/b20-17-,27-24-,29-26-. The summed E-state index contributed by atoms with van der Waals surface area (Å²) >= 11 is 0. The average molecular weight is 1100 g/mol. The predicted octanol–water partition coefficient (Wildman–Crippen LogP) is 23.9. The van der Waals surface area contributed by atoms with Crippen molar-refractivity contribution in [3.05, 3.63) is 36.5 Å². The molecule has 6 heteroatoms. The van der Waals surface area contributed by atoms with Gasteiger partial charge in [0.25, 0.3) is 0 Å². The van der Waals surface area contributed by atoms with Crippen molar-refractivity contribution in [2.45, 2.75) is 393 Å². The minimum atomic E-state index is -0.779. The lowest BCUT2D eigenvalue weighted by atomic mass is 10.0. The molecule has 0 fully saturated rings. The van der Waals surface area contributed by atoms with Gasteiger partial charge < -0.3 is 14.2 Å². The van der Waals surface area contributed by atoms with Crippen LogP contribution in [0.1, 0.15) is 387 Å². The normalized spacial score (nSPS) is 12.2. The van der Waals surface area contributed by atoms with Crippen LogP contribution in [-0.4, -0.2) is 37.2 Å². The molecule has 0 saturated heterocycles. The van der Waals surface area contributed by atoms with Gasteiger partial charge in [-0.25, -0.2) is 0 Å². The fraction of sp³-hybridized carbons (Fsp3) is 0.875. The van der Waals surface area contributed by atoms with Crippen LogP contribution >= 0.6 is 0 Å². The van der Waals surface area contributed by atoms with Gasteiger partial charge in [0.1, 0.15) is 13.2 Å². The van der Waals surface area contributed by atoms with E-state index in [-0.39, 0.29) is 31.1 Å². The van der Waals surface area contributed by atoms with Crippen molar-refractivity contribution >= 4 is 17.9 Å². The van der Waals surface area contributed by atoms with Gasteiger partial charge in [-0.2, -0.15) is 0 Å². The molecule has 0 radical (unpaired) electrons. The van der Waals surface area contributed by atoms with Crippen molar-refractivity contribution < 1.29 is 28.6 Å². The van der Waals surface area contributed by atoms with Crippen LogP contribution in [0.15, 0.2) is 36.5 Å². The van der Waals surface area contributed by atoms with E-state index in [1.54, 1.807) is 0 Å². The molecule has 0 saturated carbocycles. The zero-order chi connectivity index (χ0) is 56.4. The minimum absolute atomic E-state index is 0.0738. The van der Waals surface area contributed by atoms with Crippen LogP contribution in [-0.2, 0) is 28.6 Å². The van der Waals surface area contributed by atoms with E-state index in [0.717, 1.165) is 77.0 Å². The second kappa shape index (κ2) is 67.1. The van der Waals surface area contributed by atoms with Crippen molar-refractivity contribution in [1.29, 1.82) is 0 Å². The first kappa shape index (κ1) is 75.6. The number of esters is 3. The molecule has 0 aromatic heterocycles. The third-order valence-corrected chi connectivity index (χ3v) is 15.9. The van der Waals surface area contributed by atoms with Gasteiger partial charge in [-0.05, 0) is 77.0 Å². The summed E-state index contributed by atoms with van der Waals surface area (Å²) in [6.45, 7) is 6.66. The minimum Gasteiger partial charge on any atom is -0.462 e. The summed E-state index contributed by atoms with van der Waals surface area (Å²) in [6, 6.07) is 0. The molecule has 1 atom stereocenters. The van der Waals surface area contributed by atoms with Gasteiger partial charge in [0, 0.05) is 19.3 Å². The fourth-order valence-electron chi connectivity index (χ4n) is 10.6. The van der Waals surface area contributed by atoms with Gasteiger partial charge in [0.05, 0.1) is 0 Å². The lowest BCUT2D eigenvalue weighted by Gasteiger charge is -2.18. The predicted molar refractivity (Wildman–Crippen MR) is 339 cm³/mol. The molecule has 0 N–H and O–H groups in total. The second-order valence-corrected chi connectivity index (χ2v) is 23.8. The molecule has 0 rings (SSSR count). The zero-order valence-electron chi connectivity index (χ0n) is 52.7. The summed E-state index contributed by atoms with van der Waals surface area (Å²) in [5.74, 6) is -0.865. The van der Waals surface area contributed by atoms with Crippen molar-refractivity contribution in [2.75, 3.05) is 13.2 Å². The molecular weight excluding hydrogens is 961 g/mol. The molecule has 458 valence electrons. The fourth-order valence-corrected chi connectivity index (χ4v) is 10.6. The molecule has 0 bridgehead atoms. The Morgan fingerprint density at radius 1 is 0.256 bits per heavy atom. The smallest absolute Gasteiger partial charge is 0.306 e. The third-order valence-electron chi connectivity index (χ3n) is 15.9. The van der Waals surface area contributed by atoms with Crippen molar-refractivity contribution in [3.63, 3.8) is 0 Å². The summed E-state index contributed by atoms with van der Waals surface area (Å²) < 4.78 is 17.0. The highest BCUT2D eigenvalue weighted by Crippen LogP contribution is 2.18. The topological polar surface area (TPSA) is 78.9 Å². The Bertz CT molecular complexity index is 1300. The largest absolute Gasteiger partial charge is 0.462 e. The summed E-state index contributed by atoms with van der Waals surface area (Å²) in [6.07, 6.45) is 83.2. The van der Waals surface area contributed by atoms with Crippen LogP contribution in [0.3, 0.4) is 0 Å². The number of carbonyl (C=O) groups is 3. The van der Waals surface area contributed by atoms with Crippen LogP contribution in [0.2, 0.25) is 0 Å². The molecule has 0 aliphatic carbocycles. The highest BCUT2D eigenvalue weighted by Gasteiger charge is 2.19. The zero-order valence-corrected chi connectivity index (χ0v) is 52.7. The van der Waals surface area contributed by atoms with Gasteiger partial charge in [-0.1, -0.05) is 327 Å². The maximum atomic E-state index is 12.9. The molecule has 0 amide bonds. The van der Waals surface area contributed by atoms with Gasteiger partial charge >= 0.3 is 17.9 Å². The van der Waals surface area contributed by atoms with Crippen LogP contribution in [0.5, 0.6) is 0 Å². The third kappa shape index (κ3) is 64.5. The second-order valence-electron chi connectivity index (χ2n) is 23.8. The van der Waals surface area contributed by atoms with Crippen molar-refractivity contribution in [3.8, 4) is 0 Å². The molecule has 78 heavy (non-hydrogen) atoms. The summed E-state index contributed by atoms with van der Waals surface area (Å²) in [5, 5.41) is 0. The van der Waals surface area contributed by atoms with E-state index in [4.69, 9.17) is 14.2 Å². The van der Waals surface area contributed by atoms with Gasteiger partial charge in [0.15, 0.2) is 6.10 Å². The van der Waals surface area contributed by atoms with E-state index in [0.29, 0.717) is 19.3 Å². The Morgan fingerprint density at radius 2 is 0.462 bits per heavy atom. The Morgan fingerprint density at radius 3 is 0.744 bits per heavy atom. The van der Waals surface area contributed by atoms with Crippen LogP contribution in [0.4, 0.5) is 0 Å². The molecule has 0 heterocycles. The van der Waals surface area contributed by atoms with E-state index >= 15 is 0 Å². The molecule has 0 aliphatic heterocycles. The van der Waals surface area contributed by atoms with Crippen LogP contribution in [0.25, 0.3) is 0 Å². The quantitative estimate of drug-likeness (QED) is 0.0261. The average Bonchev–Trinajstić information content (AvgIpc) is 3.44. The van der Waals surface area contributed by atoms with Crippen LogP contribution in [0, 0.1) is 0 Å². The molecule has 6 nitrogen and oxygen atoms in total. The first-order valence-corrected chi connectivity index (χ1v) is 35.0. The molecule has 0 spiro atoms. The Balaban J connectivity index is 4.18. The van der Waals surface area contributed by atoms with Crippen molar-refractivity contribution in [2.24, 2.45) is 0 Å². The number of ether oxygens (including phenoxy) is 3. The lowest BCUT2D eigenvalue weighted by molar-refractivity contribution is -0.167. The van der Waals surface area contributed by atoms with Crippen LogP contribution < -0.4 is 0 Å². The van der Waals surface area contributed by atoms with Crippen molar-refractivity contribution in [1.82, 2.24) is 0 Å². The van der Waals surface area contributed by atoms with E-state index in [2.05, 4.69) is 57.2 Å². The summed E-state index contributed by atoms with van der Waals surface area (Å²) in [7, 11) is 0. The molecule has 1 unspecified atom stereocenters. The summed E-state index contributed by atoms with van der Waals surface area (Å²) in [4.78, 5) is 38.4. The van der Waals surface area contributed by atoms with Gasteiger partial charge in [-0.3, -0.25) is 14.4 Å². The monoisotopic (exact) mass is 1100 g/mol. The molecule has 0 aromatic rings. The molecule has 0 aromatic carbocycles. The first-order valence-electron chi connectivity index (χ1n) is 35.0. The summed E-state index contributed by atoms with van der Waals surface area (Å²) in [5.41, 5.74) is 0. The highest BCUT2D eigenvalue weighted by molar-refractivity contribution is 5.71. The van der Waals surface area contributed by atoms with Gasteiger partial charge in [-0.15, -0.1) is 0 Å². The Labute approximate surface area is 486 Å². The number of rotatable bonds is 65. The Kier molecular flexibility index (Phi) is 65.1. The number of unbranched alkanes of at least 4 members (excludes halogenated alkanes) is 48. The maximum absolute atomic E-state index is 12.9. The molecule has 0 aliphatic rings. The van der Waals surface area contributed by atoms with E-state index < -0.39 is 6.10 Å². The highest BCUT2D eigenvalue weighted by atomic mass is 16.6. The van der Waals surface area contributed by atoms with E-state index in [1.807, 2.05) is 0 Å². The SMILES string of the molecule is CCCCC/C=C\C/C=C\CCCCCCCCCC(=O)OC(COC(=O)CCCCCCC/C=C\CCCCCCC)COC(=O)CCCCCCCCCCCCCCCCCCCCCCCCCCCCCCC. The Hall–Kier alpha value is -2.37. The number of hydrogen-bond donors (Lipinski definition) is 0. The van der Waals surface area contributed by atoms with E-state index in [1.165, 1.54) is 270 Å². The number of allylic oxidation sites excluding steroid dienone is 6. The number of hydrogen-bond acceptors (Lipinski definition) is 6. The number of carbonyl (C=O) groups excluding carboxylic acids is 3. The first-order chi connectivity index (χ1) is 38.5.